The predicted molar refractivity (Wildman–Crippen MR) is 141 cm³/mol. The van der Waals surface area contributed by atoms with Crippen molar-refractivity contribution >= 4 is 39.2 Å². The number of nitrogens with zero attached hydrogens (tertiary/aromatic N) is 2. The molecule has 226 valence electrons. The van der Waals surface area contributed by atoms with Crippen molar-refractivity contribution in [3.8, 4) is 6.07 Å². The van der Waals surface area contributed by atoms with Crippen LogP contribution in [-0.4, -0.2) is 45.2 Å². The number of hydrogen-bond donors (Lipinski definition) is 0. The summed E-state index contributed by atoms with van der Waals surface area (Å²) in [6, 6.07) is 7.62. The van der Waals surface area contributed by atoms with Crippen LogP contribution in [0.3, 0.4) is 0 Å². The number of alkyl halides is 6. The van der Waals surface area contributed by atoms with Gasteiger partial charge in [-0.1, -0.05) is 29.3 Å². The third-order valence-electron chi connectivity index (χ3n) is 6.34. The molecular weight excluding hydrogens is 621 g/mol. The first-order chi connectivity index (χ1) is 18.8. The lowest BCUT2D eigenvalue weighted by Gasteiger charge is -2.43. The highest BCUT2D eigenvalue weighted by Gasteiger charge is 2.40. The molecular formula is C26H26Cl2F6N2O4S. The summed E-state index contributed by atoms with van der Waals surface area (Å²) in [5, 5.41) is 7.81. The summed E-state index contributed by atoms with van der Waals surface area (Å²) in [5.74, 6) is -0.675. The Morgan fingerprint density at radius 1 is 1.05 bits per heavy atom. The maximum Gasteiger partial charge on any atom is 0.416 e. The minimum absolute atomic E-state index is 0.00591. The lowest BCUT2D eigenvalue weighted by Crippen LogP contribution is -2.49. The molecule has 2 aromatic rings. The summed E-state index contributed by atoms with van der Waals surface area (Å²) in [6.07, 6.45) is -8.81. The van der Waals surface area contributed by atoms with Crippen LogP contribution >= 0.6 is 23.2 Å². The Kier molecular flexibility index (Phi) is 11.5. The van der Waals surface area contributed by atoms with E-state index in [9.17, 15) is 39.6 Å². The fourth-order valence-corrected chi connectivity index (χ4v) is 5.24. The molecule has 1 amide bonds. The maximum absolute atomic E-state index is 13.2. The molecule has 0 N–H and O–H groups in total. The van der Waals surface area contributed by atoms with Crippen LogP contribution in [0.15, 0.2) is 36.4 Å². The summed E-state index contributed by atoms with van der Waals surface area (Å²) in [7, 11) is -3.76. The topological polar surface area (TPSA) is 87.5 Å². The quantitative estimate of drug-likeness (QED) is 0.238. The van der Waals surface area contributed by atoms with Crippen molar-refractivity contribution < 1.29 is 43.7 Å². The molecule has 3 rings (SSSR count). The normalized spacial score (nSPS) is 17.8. The zero-order valence-corrected chi connectivity index (χ0v) is 24.2. The van der Waals surface area contributed by atoms with Gasteiger partial charge < -0.3 is 4.90 Å². The zero-order valence-electron chi connectivity index (χ0n) is 21.9. The van der Waals surface area contributed by atoms with Crippen molar-refractivity contribution in [3.05, 3.63) is 68.7 Å². The molecule has 1 aliphatic rings. The number of carbonyl (C=O) groups is 1. The fourth-order valence-electron chi connectivity index (χ4n) is 4.55. The van der Waals surface area contributed by atoms with Crippen LogP contribution in [0.4, 0.5) is 26.3 Å². The molecule has 0 bridgehead atoms. The van der Waals surface area contributed by atoms with E-state index in [4.69, 9.17) is 32.6 Å². The molecule has 1 saturated heterocycles. The average molecular weight is 647 g/mol. The summed E-state index contributed by atoms with van der Waals surface area (Å²) in [5.41, 5.74) is -3.64. The third-order valence-corrected chi connectivity index (χ3v) is 7.68. The fraction of sp³-hybridized carbons (Fsp3) is 0.462. The number of halogens is 8. The Morgan fingerprint density at radius 2 is 1.61 bits per heavy atom. The number of nitriles is 1. The highest BCUT2D eigenvalue weighted by molar-refractivity contribution is 7.85. The highest BCUT2D eigenvalue weighted by Crippen LogP contribution is 2.40. The van der Waals surface area contributed by atoms with E-state index >= 15 is 0 Å². The van der Waals surface area contributed by atoms with Crippen LogP contribution in [0, 0.1) is 11.3 Å². The number of likely N-dealkylation sites (tertiary alicyclic amines) is 1. The van der Waals surface area contributed by atoms with E-state index in [1.807, 2.05) is 0 Å². The van der Waals surface area contributed by atoms with E-state index in [-0.39, 0.29) is 42.2 Å². The molecule has 41 heavy (non-hydrogen) atoms. The van der Waals surface area contributed by atoms with Gasteiger partial charge in [-0.2, -0.15) is 40.0 Å². The summed E-state index contributed by atoms with van der Waals surface area (Å²) in [4.78, 5) is 14.5. The minimum Gasteiger partial charge on any atom is -0.342 e. The Labute approximate surface area is 243 Å². The van der Waals surface area contributed by atoms with Crippen molar-refractivity contribution in [2.75, 3.05) is 26.0 Å². The number of amides is 1. The molecule has 0 radical (unpaired) electrons. The van der Waals surface area contributed by atoms with Gasteiger partial charge >= 0.3 is 12.4 Å². The number of benzene rings is 2. The van der Waals surface area contributed by atoms with Gasteiger partial charge in [0.2, 0.25) is 5.91 Å². The van der Waals surface area contributed by atoms with Crippen molar-refractivity contribution in [1.82, 2.24) is 4.90 Å². The molecule has 15 heteroatoms. The predicted octanol–water partition coefficient (Wildman–Crippen LogP) is 7.03. The van der Waals surface area contributed by atoms with Crippen LogP contribution in [0.25, 0.3) is 0 Å². The molecule has 0 aliphatic carbocycles. The first-order valence-electron chi connectivity index (χ1n) is 12.0. The molecule has 0 spiro atoms. The van der Waals surface area contributed by atoms with Crippen molar-refractivity contribution in [2.45, 2.75) is 50.4 Å². The second kappa shape index (κ2) is 13.6. The molecule has 0 aromatic heterocycles. The molecule has 1 heterocycles. The number of rotatable bonds is 7. The van der Waals surface area contributed by atoms with E-state index in [0.29, 0.717) is 30.5 Å². The van der Waals surface area contributed by atoms with Gasteiger partial charge in [-0.05, 0) is 60.7 Å². The van der Waals surface area contributed by atoms with Crippen molar-refractivity contribution in [2.24, 2.45) is 0 Å². The maximum atomic E-state index is 13.2. The Bertz CT molecular complexity index is 1360. The van der Waals surface area contributed by atoms with Crippen LogP contribution in [-0.2, 0) is 43.3 Å². The van der Waals surface area contributed by atoms with Gasteiger partial charge in [0.05, 0.1) is 46.5 Å². The molecule has 1 aliphatic heterocycles. The molecule has 0 saturated carbocycles. The second-order valence-corrected chi connectivity index (χ2v) is 11.9. The molecule has 1 atom stereocenters. The first-order valence-corrected chi connectivity index (χ1v) is 14.6. The lowest BCUT2D eigenvalue weighted by molar-refractivity contribution is -0.143. The van der Waals surface area contributed by atoms with Gasteiger partial charge in [0.15, 0.2) is 0 Å². The van der Waals surface area contributed by atoms with E-state index in [1.165, 1.54) is 11.8 Å². The van der Waals surface area contributed by atoms with Crippen molar-refractivity contribution in [3.63, 3.8) is 0 Å². The van der Waals surface area contributed by atoms with Crippen molar-refractivity contribution in [1.29, 1.82) is 5.26 Å². The summed E-state index contributed by atoms with van der Waals surface area (Å²) < 4.78 is 107. The SMILES string of the molecule is CC#N.CS(=O)(=O)OCC[C@@]1(c2ccc(Cl)c(Cl)c2)CCCN(C(=O)Cc2cc(C(F)(F)F)cc(C(F)(F)F)c2)C1. The smallest absolute Gasteiger partial charge is 0.342 e. The molecule has 2 aromatic carbocycles. The van der Waals surface area contributed by atoms with Gasteiger partial charge in [0.25, 0.3) is 10.1 Å². The minimum atomic E-state index is -5.03. The Balaban J connectivity index is 0.00000187. The molecule has 1 fully saturated rings. The van der Waals surface area contributed by atoms with Gasteiger partial charge in [-0.25, -0.2) is 0 Å². The second-order valence-electron chi connectivity index (χ2n) is 9.42. The van der Waals surface area contributed by atoms with E-state index in [0.717, 1.165) is 6.26 Å². The van der Waals surface area contributed by atoms with Crippen LogP contribution in [0.2, 0.25) is 10.0 Å². The Morgan fingerprint density at radius 3 is 2.10 bits per heavy atom. The largest absolute Gasteiger partial charge is 0.416 e. The van der Waals surface area contributed by atoms with E-state index in [1.54, 1.807) is 24.3 Å². The molecule has 0 unspecified atom stereocenters. The van der Waals surface area contributed by atoms with Crippen LogP contribution in [0.1, 0.15) is 48.4 Å². The lowest BCUT2D eigenvalue weighted by atomic mass is 9.72. The van der Waals surface area contributed by atoms with Gasteiger partial charge in [-0.15, -0.1) is 0 Å². The number of carbonyl (C=O) groups excluding carboxylic acids is 1. The molecule has 6 nitrogen and oxygen atoms in total. The monoisotopic (exact) mass is 646 g/mol. The van der Waals surface area contributed by atoms with Gasteiger partial charge in [0.1, 0.15) is 0 Å². The third kappa shape index (κ3) is 10.1. The first kappa shape index (κ1) is 34.7. The van der Waals surface area contributed by atoms with Gasteiger partial charge in [-0.3, -0.25) is 8.98 Å². The zero-order chi connectivity index (χ0) is 31.2. The summed E-state index contributed by atoms with van der Waals surface area (Å²) >= 11 is 12.2. The summed E-state index contributed by atoms with van der Waals surface area (Å²) in [6.45, 7) is 1.44. The average Bonchev–Trinajstić information content (AvgIpc) is 2.84. The number of hydrogen-bond acceptors (Lipinski definition) is 5. The Hall–Kier alpha value is -2.53. The highest BCUT2D eigenvalue weighted by atomic mass is 35.5. The number of piperidine rings is 1. The van der Waals surface area contributed by atoms with Crippen LogP contribution < -0.4 is 0 Å². The standard InChI is InChI=1S/C24H23Cl2F6NO4S.C2H3N/c1-38(35,36)37-8-6-22(16-3-4-19(25)20(26)13-16)5-2-7-33(14-22)21(34)11-15-9-17(23(27,28)29)12-18(10-15)24(30,31)32;1-2-3/h3-4,9-10,12-13H,2,5-8,11,14H2,1H3;1H3/t22-;/m0./s1. The van der Waals surface area contributed by atoms with E-state index < -0.39 is 56.9 Å². The van der Waals surface area contributed by atoms with Crippen LogP contribution in [0.5, 0.6) is 0 Å². The van der Waals surface area contributed by atoms with E-state index in [2.05, 4.69) is 0 Å². The van der Waals surface area contributed by atoms with Gasteiger partial charge in [0, 0.05) is 25.4 Å².